The molecule has 0 atom stereocenters. The summed E-state index contributed by atoms with van der Waals surface area (Å²) >= 11 is 0. The number of rotatable bonds is 1. The number of allylic oxidation sites excluding steroid dienone is 1. The lowest BCUT2D eigenvalue weighted by atomic mass is 9.86. The molecule has 0 spiro atoms. The molecule has 0 saturated carbocycles. The number of aromatic amines is 1. The molecule has 0 bridgehead atoms. The van der Waals surface area contributed by atoms with Crippen LogP contribution in [0.3, 0.4) is 0 Å². The Balaban J connectivity index is 2.08. The number of H-pyrrole nitrogens is 1. The molecule has 2 aromatic rings. The molecule has 3 heteroatoms. The van der Waals surface area contributed by atoms with Crippen molar-refractivity contribution in [3.8, 4) is 6.07 Å². The Bertz CT molecular complexity index is 630. The van der Waals surface area contributed by atoms with Crippen molar-refractivity contribution < 1.29 is 0 Å². The van der Waals surface area contributed by atoms with Crippen LogP contribution in [0.1, 0.15) is 35.2 Å². The van der Waals surface area contributed by atoms with Crippen molar-refractivity contribution in [3.05, 3.63) is 53.1 Å². The average molecular weight is 235 g/mol. The highest BCUT2D eigenvalue weighted by Gasteiger charge is 2.14. The van der Waals surface area contributed by atoms with E-state index in [4.69, 9.17) is 5.26 Å². The number of nitrogens with one attached hydrogen (secondary N) is 1. The molecule has 1 aliphatic rings. The Morgan fingerprint density at radius 3 is 3.06 bits per heavy atom. The van der Waals surface area contributed by atoms with Crippen LogP contribution in [0.2, 0.25) is 0 Å². The first kappa shape index (κ1) is 10.8. The van der Waals surface area contributed by atoms with Crippen LogP contribution in [0.15, 0.2) is 30.7 Å². The molecule has 0 saturated heterocycles. The first-order valence-corrected chi connectivity index (χ1v) is 6.09. The van der Waals surface area contributed by atoms with Crippen LogP contribution < -0.4 is 0 Å². The van der Waals surface area contributed by atoms with Gasteiger partial charge in [0.15, 0.2) is 0 Å². The van der Waals surface area contributed by atoms with Crippen LogP contribution in [-0.4, -0.2) is 9.97 Å². The Morgan fingerprint density at radius 2 is 2.28 bits per heavy atom. The highest BCUT2D eigenvalue weighted by molar-refractivity contribution is 5.83. The number of imidazole rings is 1. The molecule has 1 N–H and O–H groups in total. The fraction of sp³-hybridized carbons (Fsp3) is 0.200. The zero-order valence-corrected chi connectivity index (χ0v) is 9.98. The van der Waals surface area contributed by atoms with Crippen LogP contribution in [-0.2, 0) is 6.42 Å². The van der Waals surface area contributed by atoms with Crippen molar-refractivity contribution >= 4 is 11.6 Å². The number of benzene rings is 1. The molecule has 1 heterocycles. The van der Waals surface area contributed by atoms with E-state index < -0.39 is 0 Å². The van der Waals surface area contributed by atoms with Gasteiger partial charge in [0, 0.05) is 0 Å². The van der Waals surface area contributed by atoms with E-state index in [1.165, 1.54) is 23.1 Å². The van der Waals surface area contributed by atoms with Crippen molar-refractivity contribution in [3.63, 3.8) is 0 Å². The first-order valence-electron chi connectivity index (χ1n) is 6.09. The first-order chi connectivity index (χ1) is 8.86. The second-order valence-corrected chi connectivity index (χ2v) is 4.51. The maximum Gasteiger partial charge on any atom is 0.0991 e. The second kappa shape index (κ2) is 4.50. The molecule has 3 nitrogen and oxygen atoms in total. The Labute approximate surface area is 106 Å². The van der Waals surface area contributed by atoms with Gasteiger partial charge in [0.2, 0.25) is 0 Å². The van der Waals surface area contributed by atoms with Gasteiger partial charge in [-0.25, -0.2) is 4.98 Å². The fourth-order valence-electron chi connectivity index (χ4n) is 2.45. The zero-order chi connectivity index (χ0) is 12.4. The number of nitriles is 1. The number of nitrogens with zero attached hydrogens (tertiary/aromatic N) is 2. The largest absolute Gasteiger partial charge is 0.345 e. The lowest BCUT2D eigenvalue weighted by molar-refractivity contribution is 0.824. The Kier molecular flexibility index (Phi) is 2.70. The van der Waals surface area contributed by atoms with E-state index in [9.17, 15) is 0 Å². The second-order valence-electron chi connectivity index (χ2n) is 4.51. The van der Waals surface area contributed by atoms with Gasteiger partial charge in [0.05, 0.1) is 29.9 Å². The third kappa shape index (κ3) is 1.93. The topological polar surface area (TPSA) is 52.5 Å². The molecule has 0 unspecified atom stereocenters. The standard InChI is InChI=1S/C15H13N3/c16-8-11-4-5-12-2-1-3-13(15(12)6-11)7-14-9-17-10-18-14/h4-7,9-10H,1-3H2,(H,17,18)/b13-7+. The number of fused-ring (bicyclic) bond motifs is 1. The van der Waals surface area contributed by atoms with Gasteiger partial charge in [-0.05, 0) is 54.2 Å². The van der Waals surface area contributed by atoms with Crippen molar-refractivity contribution in [2.75, 3.05) is 0 Å². The normalized spacial score (nSPS) is 16.3. The highest BCUT2D eigenvalue weighted by atomic mass is 14.8. The SMILES string of the molecule is N#Cc1ccc2c(c1)/C(=C/c1cnc[nH]1)CCC2. The fourth-order valence-corrected chi connectivity index (χ4v) is 2.45. The van der Waals surface area contributed by atoms with Crippen molar-refractivity contribution in [1.29, 1.82) is 5.26 Å². The minimum atomic E-state index is 0.728. The molecule has 0 fully saturated rings. The van der Waals surface area contributed by atoms with Crippen LogP contribution in [0, 0.1) is 11.3 Å². The number of hydrogen-bond donors (Lipinski definition) is 1. The van der Waals surface area contributed by atoms with Crippen LogP contribution >= 0.6 is 0 Å². The monoisotopic (exact) mass is 235 g/mol. The summed E-state index contributed by atoms with van der Waals surface area (Å²) < 4.78 is 0. The molecule has 1 aromatic heterocycles. The van der Waals surface area contributed by atoms with E-state index in [0.29, 0.717) is 0 Å². The molecule has 0 aliphatic heterocycles. The molecule has 88 valence electrons. The maximum absolute atomic E-state index is 9.00. The Hall–Kier alpha value is -2.34. The van der Waals surface area contributed by atoms with Crippen molar-refractivity contribution in [1.82, 2.24) is 9.97 Å². The van der Waals surface area contributed by atoms with Gasteiger partial charge in [-0.3, -0.25) is 0 Å². The third-order valence-electron chi connectivity index (χ3n) is 3.33. The maximum atomic E-state index is 9.00. The summed E-state index contributed by atoms with van der Waals surface area (Å²) in [5, 5.41) is 9.00. The summed E-state index contributed by atoms with van der Waals surface area (Å²) in [5.41, 5.74) is 5.59. The Morgan fingerprint density at radius 1 is 1.33 bits per heavy atom. The molecule has 0 radical (unpaired) electrons. The van der Waals surface area contributed by atoms with E-state index in [1.807, 2.05) is 18.3 Å². The summed E-state index contributed by atoms with van der Waals surface area (Å²) in [7, 11) is 0. The van der Waals surface area contributed by atoms with Gasteiger partial charge in [-0.15, -0.1) is 0 Å². The van der Waals surface area contributed by atoms with Crippen LogP contribution in [0.5, 0.6) is 0 Å². The quantitative estimate of drug-likeness (QED) is 0.825. The number of hydrogen-bond acceptors (Lipinski definition) is 2. The van der Waals surface area contributed by atoms with E-state index in [2.05, 4.69) is 28.2 Å². The van der Waals surface area contributed by atoms with E-state index in [1.54, 1.807) is 6.33 Å². The number of aromatic nitrogens is 2. The molecule has 0 amide bonds. The average Bonchev–Trinajstić information content (AvgIpc) is 2.91. The molecular formula is C15H13N3. The lowest BCUT2D eigenvalue weighted by Crippen LogP contribution is -2.02. The molecular weight excluding hydrogens is 222 g/mol. The molecule has 3 rings (SSSR count). The van der Waals surface area contributed by atoms with Crippen molar-refractivity contribution in [2.24, 2.45) is 0 Å². The van der Waals surface area contributed by atoms with Gasteiger partial charge in [-0.1, -0.05) is 6.07 Å². The van der Waals surface area contributed by atoms with Crippen LogP contribution in [0.25, 0.3) is 11.6 Å². The summed E-state index contributed by atoms with van der Waals surface area (Å²) in [5.74, 6) is 0. The summed E-state index contributed by atoms with van der Waals surface area (Å²) in [6, 6.07) is 8.18. The van der Waals surface area contributed by atoms with E-state index in [0.717, 1.165) is 24.1 Å². The minimum Gasteiger partial charge on any atom is -0.345 e. The van der Waals surface area contributed by atoms with E-state index in [-0.39, 0.29) is 0 Å². The summed E-state index contributed by atoms with van der Waals surface area (Å²) in [6.07, 6.45) is 8.95. The molecule has 18 heavy (non-hydrogen) atoms. The van der Waals surface area contributed by atoms with Gasteiger partial charge >= 0.3 is 0 Å². The third-order valence-corrected chi connectivity index (χ3v) is 3.33. The lowest BCUT2D eigenvalue weighted by Gasteiger charge is -2.19. The predicted molar refractivity (Wildman–Crippen MR) is 70.6 cm³/mol. The predicted octanol–water partition coefficient (Wildman–Crippen LogP) is 3.16. The van der Waals surface area contributed by atoms with Gasteiger partial charge < -0.3 is 4.98 Å². The highest BCUT2D eigenvalue weighted by Crippen LogP contribution is 2.32. The van der Waals surface area contributed by atoms with Gasteiger partial charge in [-0.2, -0.15) is 5.26 Å². The summed E-state index contributed by atoms with van der Waals surface area (Å²) in [6.45, 7) is 0. The molecule has 1 aliphatic carbocycles. The summed E-state index contributed by atoms with van der Waals surface area (Å²) in [4.78, 5) is 7.12. The van der Waals surface area contributed by atoms with Gasteiger partial charge in [0.25, 0.3) is 0 Å². The van der Waals surface area contributed by atoms with Crippen LogP contribution in [0.4, 0.5) is 0 Å². The minimum absolute atomic E-state index is 0.728. The smallest absolute Gasteiger partial charge is 0.0991 e. The van der Waals surface area contributed by atoms with E-state index >= 15 is 0 Å². The van der Waals surface area contributed by atoms with Gasteiger partial charge in [0.1, 0.15) is 0 Å². The number of aryl methyl sites for hydroxylation is 1. The molecule has 1 aromatic carbocycles. The zero-order valence-electron chi connectivity index (χ0n) is 9.98. The van der Waals surface area contributed by atoms with Crippen molar-refractivity contribution in [2.45, 2.75) is 19.3 Å².